The van der Waals surface area contributed by atoms with Crippen LogP contribution >= 0.6 is 0 Å². The second kappa shape index (κ2) is 10.8. The van der Waals surface area contributed by atoms with E-state index in [1.807, 2.05) is 76.2 Å². The SMILES string of the molecule is COc1c(C(=O)NC(C)c2cccc(N3CCN(C(=O)OC(C)(C)C)CC3)c2)c2ccccc2n(C)c1=O. The van der Waals surface area contributed by atoms with Crippen molar-refractivity contribution in [3.05, 3.63) is 70.0 Å². The number of amides is 2. The molecule has 1 atom stereocenters. The molecule has 0 radical (unpaired) electrons. The fourth-order valence-electron chi connectivity index (χ4n) is 4.70. The Morgan fingerprint density at radius 3 is 2.34 bits per heavy atom. The number of hydrogen-bond acceptors (Lipinski definition) is 6. The topological polar surface area (TPSA) is 93.1 Å². The molecule has 1 fully saturated rings. The van der Waals surface area contributed by atoms with Crippen LogP contribution in [-0.2, 0) is 11.8 Å². The number of pyridine rings is 1. The quantitative estimate of drug-likeness (QED) is 0.545. The fourth-order valence-corrected chi connectivity index (χ4v) is 4.70. The number of carbonyl (C=O) groups is 2. The number of piperazine rings is 1. The number of benzene rings is 2. The average Bonchev–Trinajstić information content (AvgIpc) is 2.89. The molecule has 2 amide bonds. The second-order valence-electron chi connectivity index (χ2n) is 10.5. The number of ether oxygens (including phenoxy) is 2. The van der Waals surface area contributed by atoms with E-state index in [-0.39, 0.29) is 34.9 Å². The number of rotatable bonds is 5. The molecule has 1 aliphatic rings. The minimum absolute atomic E-state index is 0.0208. The van der Waals surface area contributed by atoms with Gasteiger partial charge in [-0.05, 0) is 51.5 Å². The first-order valence-corrected chi connectivity index (χ1v) is 12.8. The maximum Gasteiger partial charge on any atom is 0.410 e. The van der Waals surface area contributed by atoms with Gasteiger partial charge in [0.15, 0.2) is 5.75 Å². The molecule has 9 heteroatoms. The highest BCUT2D eigenvalue weighted by Gasteiger charge is 2.27. The van der Waals surface area contributed by atoms with E-state index in [0.29, 0.717) is 37.1 Å². The Hall–Kier alpha value is -4.01. The van der Waals surface area contributed by atoms with Crippen LogP contribution in [-0.4, -0.2) is 60.4 Å². The summed E-state index contributed by atoms with van der Waals surface area (Å²) in [5, 5.41) is 3.69. The third kappa shape index (κ3) is 5.61. The van der Waals surface area contributed by atoms with Gasteiger partial charge in [0.2, 0.25) is 0 Å². The van der Waals surface area contributed by atoms with Gasteiger partial charge in [-0.15, -0.1) is 0 Å². The summed E-state index contributed by atoms with van der Waals surface area (Å²) in [6.45, 7) is 10.0. The van der Waals surface area contributed by atoms with Crippen LogP contribution in [0.1, 0.15) is 49.7 Å². The lowest BCUT2D eigenvalue weighted by Crippen LogP contribution is -2.50. The number of methoxy groups -OCH3 is 1. The summed E-state index contributed by atoms with van der Waals surface area (Å²) in [7, 11) is 3.06. The number of nitrogens with zero attached hydrogens (tertiary/aromatic N) is 3. The molecule has 1 aliphatic heterocycles. The van der Waals surface area contributed by atoms with Crippen molar-refractivity contribution in [3.8, 4) is 5.75 Å². The van der Waals surface area contributed by atoms with Gasteiger partial charge in [-0.1, -0.05) is 30.3 Å². The van der Waals surface area contributed by atoms with Gasteiger partial charge in [0.25, 0.3) is 11.5 Å². The number of nitrogens with one attached hydrogen (secondary N) is 1. The Labute approximate surface area is 222 Å². The van der Waals surface area contributed by atoms with Crippen LogP contribution in [0.3, 0.4) is 0 Å². The van der Waals surface area contributed by atoms with E-state index in [2.05, 4.69) is 10.2 Å². The summed E-state index contributed by atoms with van der Waals surface area (Å²) < 4.78 is 12.4. The third-order valence-corrected chi connectivity index (χ3v) is 6.71. The predicted octanol–water partition coefficient (Wildman–Crippen LogP) is 4.10. The monoisotopic (exact) mass is 520 g/mol. The summed E-state index contributed by atoms with van der Waals surface area (Å²) in [6, 6.07) is 15.0. The van der Waals surface area contributed by atoms with Crippen molar-refractivity contribution in [2.75, 3.05) is 38.2 Å². The molecule has 1 saturated heterocycles. The Balaban J connectivity index is 1.50. The van der Waals surface area contributed by atoms with Crippen LogP contribution in [0.25, 0.3) is 10.9 Å². The lowest BCUT2D eigenvalue weighted by molar-refractivity contribution is 0.0240. The van der Waals surface area contributed by atoms with E-state index in [1.165, 1.54) is 11.7 Å². The molecule has 2 aromatic carbocycles. The zero-order valence-electron chi connectivity index (χ0n) is 22.9. The van der Waals surface area contributed by atoms with E-state index in [1.54, 1.807) is 11.9 Å². The van der Waals surface area contributed by atoms with Crippen molar-refractivity contribution >= 4 is 28.6 Å². The summed E-state index contributed by atoms with van der Waals surface area (Å²) in [4.78, 5) is 42.7. The van der Waals surface area contributed by atoms with Crippen molar-refractivity contribution in [3.63, 3.8) is 0 Å². The van der Waals surface area contributed by atoms with E-state index < -0.39 is 5.60 Å². The third-order valence-electron chi connectivity index (χ3n) is 6.71. The highest BCUT2D eigenvalue weighted by Crippen LogP contribution is 2.27. The minimum Gasteiger partial charge on any atom is -0.490 e. The number of carbonyl (C=O) groups excluding carboxylic acids is 2. The zero-order valence-corrected chi connectivity index (χ0v) is 22.9. The average molecular weight is 521 g/mol. The molecule has 9 nitrogen and oxygen atoms in total. The number of aromatic nitrogens is 1. The van der Waals surface area contributed by atoms with E-state index >= 15 is 0 Å². The molecule has 202 valence electrons. The van der Waals surface area contributed by atoms with E-state index in [9.17, 15) is 14.4 Å². The first-order valence-electron chi connectivity index (χ1n) is 12.8. The molecule has 0 saturated carbocycles. The van der Waals surface area contributed by atoms with Crippen molar-refractivity contribution < 1.29 is 19.1 Å². The summed E-state index contributed by atoms with van der Waals surface area (Å²) >= 11 is 0. The van der Waals surface area contributed by atoms with Crippen LogP contribution < -0.4 is 20.5 Å². The number of hydrogen-bond donors (Lipinski definition) is 1. The van der Waals surface area contributed by atoms with Gasteiger partial charge in [-0.25, -0.2) is 4.79 Å². The number of para-hydroxylation sites is 1. The molecule has 0 spiro atoms. The largest absolute Gasteiger partial charge is 0.490 e. The summed E-state index contributed by atoms with van der Waals surface area (Å²) in [5.74, 6) is -0.355. The Bertz CT molecular complexity index is 1400. The molecular formula is C29H36N4O5. The summed E-state index contributed by atoms with van der Waals surface area (Å²) in [5.41, 5.74) is 1.95. The van der Waals surface area contributed by atoms with Crippen molar-refractivity contribution in [1.29, 1.82) is 0 Å². The van der Waals surface area contributed by atoms with Crippen LogP contribution in [0.2, 0.25) is 0 Å². The van der Waals surface area contributed by atoms with Crippen molar-refractivity contribution in [1.82, 2.24) is 14.8 Å². The fraction of sp³-hybridized carbons (Fsp3) is 0.414. The standard InChI is InChI=1S/C29H36N4O5/c1-19(30-26(34)24-22-12-7-8-13-23(22)31(5)27(35)25(24)37-6)20-10-9-11-21(18-20)32-14-16-33(17-15-32)28(36)38-29(2,3)4/h7-13,18-19H,14-17H2,1-6H3,(H,30,34). The number of aryl methyl sites for hydroxylation is 1. The maximum atomic E-state index is 13.5. The lowest BCUT2D eigenvalue weighted by atomic mass is 10.0. The molecule has 1 unspecified atom stereocenters. The Morgan fingerprint density at radius 1 is 1.00 bits per heavy atom. The lowest BCUT2D eigenvalue weighted by Gasteiger charge is -2.37. The van der Waals surface area contributed by atoms with Gasteiger partial charge in [0.1, 0.15) is 5.60 Å². The van der Waals surface area contributed by atoms with Crippen LogP contribution in [0.5, 0.6) is 5.75 Å². The number of anilines is 1. The highest BCUT2D eigenvalue weighted by molar-refractivity contribution is 6.08. The van der Waals surface area contributed by atoms with Gasteiger partial charge < -0.3 is 29.2 Å². The van der Waals surface area contributed by atoms with Gasteiger partial charge >= 0.3 is 6.09 Å². The van der Waals surface area contributed by atoms with E-state index in [4.69, 9.17) is 9.47 Å². The minimum atomic E-state index is -0.522. The second-order valence-corrected chi connectivity index (χ2v) is 10.5. The molecule has 0 bridgehead atoms. The molecule has 3 aromatic rings. The molecule has 2 heterocycles. The first-order chi connectivity index (χ1) is 18.0. The number of fused-ring (bicyclic) bond motifs is 1. The Kier molecular flexibility index (Phi) is 7.66. The maximum absolute atomic E-state index is 13.5. The van der Waals surface area contributed by atoms with Crippen LogP contribution in [0, 0.1) is 0 Å². The molecule has 4 rings (SSSR count). The van der Waals surface area contributed by atoms with Gasteiger partial charge in [0, 0.05) is 44.3 Å². The molecule has 38 heavy (non-hydrogen) atoms. The highest BCUT2D eigenvalue weighted by atomic mass is 16.6. The zero-order chi connectivity index (χ0) is 27.6. The predicted molar refractivity (Wildman–Crippen MR) is 148 cm³/mol. The van der Waals surface area contributed by atoms with Gasteiger partial charge in [0.05, 0.1) is 24.2 Å². The molecular weight excluding hydrogens is 484 g/mol. The molecule has 0 aliphatic carbocycles. The van der Waals surface area contributed by atoms with E-state index in [0.717, 1.165) is 11.3 Å². The normalized spacial score (nSPS) is 14.8. The van der Waals surface area contributed by atoms with Gasteiger partial charge in [-0.3, -0.25) is 9.59 Å². The molecule has 1 N–H and O–H groups in total. The molecule has 1 aromatic heterocycles. The van der Waals surface area contributed by atoms with Crippen LogP contribution in [0.15, 0.2) is 53.3 Å². The smallest absolute Gasteiger partial charge is 0.410 e. The first kappa shape index (κ1) is 27.0. The van der Waals surface area contributed by atoms with Crippen molar-refractivity contribution in [2.45, 2.75) is 39.3 Å². The van der Waals surface area contributed by atoms with Crippen LogP contribution in [0.4, 0.5) is 10.5 Å². The Morgan fingerprint density at radius 2 is 1.68 bits per heavy atom. The van der Waals surface area contributed by atoms with Gasteiger partial charge in [-0.2, -0.15) is 0 Å². The van der Waals surface area contributed by atoms with Crippen molar-refractivity contribution in [2.24, 2.45) is 7.05 Å². The summed E-state index contributed by atoms with van der Waals surface area (Å²) in [6.07, 6.45) is -0.291.